The molecule has 3 rings (SSSR count). The molecule has 1 fully saturated rings. The van der Waals surface area contributed by atoms with Crippen molar-refractivity contribution < 1.29 is 9.59 Å². The average Bonchev–Trinajstić information content (AvgIpc) is 3.18. The largest absolute Gasteiger partial charge is 0.273 e. The van der Waals surface area contributed by atoms with Gasteiger partial charge in [0.2, 0.25) is 5.91 Å². The van der Waals surface area contributed by atoms with E-state index in [2.05, 4.69) is 10.9 Å². The van der Waals surface area contributed by atoms with Crippen molar-refractivity contribution in [2.24, 2.45) is 5.92 Å². The zero-order valence-electron chi connectivity index (χ0n) is 12.6. The number of hydrazine groups is 1. The topological polar surface area (TPSA) is 58.2 Å². The molecule has 0 heterocycles. The molecule has 4 nitrogen and oxygen atoms in total. The van der Waals surface area contributed by atoms with Crippen LogP contribution in [0.3, 0.4) is 0 Å². The fraction of sp³-hybridized carbons (Fsp3) is 0.176. The van der Waals surface area contributed by atoms with E-state index in [0.29, 0.717) is 21.2 Å². The van der Waals surface area contributed by atoms with E-state index >= 15 is 0 Å². The maximum atomic E-state index is 12.3. The van der Waals surface area contributed by atoms with Crippen LogP contribution in [0.1, 0.15) is 21.8 Å². The highest BCUT2D eigenvalue weighted by Gasteiger charge is 2.67. The summed E-state index contributed by atoms with van der Waals surface area (Å²) in [5.41, 5.74) is 5.83. The van der Waals surface area contributed by atoms with Gasteiger partial charge < -0.3 is 0 Å². The molecule has 0 bridgehead atoms. The highest BCUT2D eigenvalue weighted by atomic mass is 35.5. The molecule has 0 saturated heterocycles. The van der Waals surface area contributed by atoms with E-state index in [1.54, 1.807) is 48.5 Å². The van der Waals surface area contributed by atoms with Crippen molar-refractivity contribution in [2.75, 3.05) is 0 Å². The summed E-state index contributed by atoms with van der Waals surface area (Å²) < 4.78 is -1.28. The first-order valence-electron chi connectivity index (χ1n) is 7.30. The summed E-state index contributed by atoms with van der Waals surface area (Å²) in [6, 6.07) is 13.5. The van der Waals surface area contributed by atoms with Crippen LogP contribution in [0.25, 0.3) is 0 Å². The van der Waals surface area contributed by atoms with E-state index in [9.17, 15) is 9.59 Å². The molecule has 2 aromatic carbocycles. The normalized spacial score (nSPS) is 20.6. The minimum absolute atomic E-state index is 0.353. The standard InChI is InChI=1S/C17H12Cl4N2O2/c18-11-7-6-10(8-12(11)19)13-14(17(13,20)21)16(25)23-22-15(24)9-4-2-1-3-5-9/h1-8,13-14H,(H,22,24)(H,23,25). The first-order valence-corrected chi connectivity index (χ1v) is 8.81. The summed E-state index contributed by atoms with van der Waals surface area (Å²) in [5.74, 6) is -2.08. The lowest BCUT2D eigenvalue weighted by atomic mass is 10.1. The predicted octanol–water partition coefficient (Wildman–Crippen LogP) is 4.34. The van der Waals surface area contributed by atoms with Gasteiger partial charge >= 0.3 is 0 Å². The molecule has 0 spiro atoms. The van der Waals surface area contributed by atoms with Gasteiger partial charge in [0.25, 0.3) is 5.91 Å². The van der Waals surface area contributed by atoms with Crippen LogP contribution in [-0.4, -0.2) is 16.1 Å². The Hall–Kier alpha value is -1.46. The Morgan fingerprint density at radius 1 is 0.920 bits per heavy atom. The molecular formula is C17H12Cl4N2O2. The van der Waals surface area contributed by atoms with E-state index in [1.165, 1.54) is 0 Å². The van der Waals surface area contributed by atoms with Gasteiger partial charge in [0.15, 0.2) is 0 Å². The van der Waals surface area contributed by atoms with Crippen LogP contribution in [0.2, 0.25) is 10.0 Å². The zero-order chi connectivity index (χ0) is 18.2. The molecule has 1 aliphatic rings. The lowest BCUT2D eigenvalue weighted by Crippen LogP contribution is -2.43. The number of benzene rings is 2. The molecule has 25 heavy (non-hydrogen) atoms. The minimum Gasteiger partial charge on any atom is -0.273 e. The number of rotatable bonds is 3. The van der Waals surface area contributed by atoms with Gasteiger partial charge in [-0.05, 0) is 29.8 Å². The number of hydrogen-bond acceptors (Lipinski definition) is 2. The van der Waals surface area contributed by atoms with Crippen LogP contribution < -0.4 is 10.9 Å². The van der Waals surface area contributed by atoms with E-state index in [4.69, 9.17) is 46.4 Å². The zero-order valence-corrected chi connectivity index (χ0v) is 15.6. The highest BCUT2D eigenvalue weighted by molar-refractivity contribution is 6.53. The van der Waals surface area contributed by atoms with Crippen LogP contribution in [-0.2, 0) is 4.79 Å². The Balaban J connectivity index is 1.66. The monoisotopic (exact) mass is 416 g/mol. The van der Waals surface area contributed by atoms with Crippen molar-refractivity contribution in [2.45, 2.75) is 10.3 Å². The van der Waals surface area contributed by atoms with E-state index < -0.39 is 28.0 Å². The first-order chi connectivity index (χ1) is 11.8. The molecule has 0 aromatic heterocycles. The van der Waals surface area contributed by atoms with Gasteiger partial charge in [0.1, 0.15) is 4.33 Å². The summed E-state index contributed by atoms with van der Waals surface area (Å²) in [6.45, 7) is 0. The van der Waals surface area contributed by atoms with Crippen molar-refractivity contribution in [1.82, 2.24) is 10.9 Å². The molecule has 1 aliphatic carbocycles. The lowest BCUT2D eigenvalue weighted by molar-refractivity contribution is -0.123. The molecule has 2 aromatic rings. The minimum atomic E-state index is -1.28. The Morgan fingerprint density at radius 3 is 2.24 bits per heavy atom. The Kier molecular flexibility index (Phi) is 5.16. The van der Waals surface area contributed by atoms with Gasteiger partial charge in [-0.15, -0.1) is 23.2 Å². The molecule has 2 amide bonds. The summed E-state index contributed by atoms with van der Waals surface area (Å²) in [4.78, 5) is 24.3. The fourth-order valence-corrected chi connectivity index (χ4v) is 3.77. The molecule has 0 aliphatic heterocycles. The molecule has 2 atom stereocenters. The van der Waals surface area contributed by atoms with Crippen molar-refractivity contribution in [3.63, 3.8) is 0 Å². The number of hydrogen-bond donors (Lipinski definition) is 2. The molecule has 2 unspecified atom stereocenters. The predicted molar refractivity (Wildman–Crippen MR) is 99.2 cm³/mol. The molecule has 130 valence electrons. The SMILES string of the molecule is O=C(NNC(=O)C1C(c2ccc(Cl)c(Cl)c2)C1(Cl)Cl)c1ccccc1. The second kappa shape index (κ2) is 7.04. The third-order valence-electron chi connectivity index (χ3n) is 3.97. The molecule has 1 saturated carbocycles. The van der Waals surface area contributed by atoms with E-state index in [-0.39, 0.29) is 0 Å². The number of alkyl halides is 2. The number of carbonyl (C=O) groups excluding carboxylic acids is 2. The number of amides is 2. The Morgan fingerprint density at radius 2 is 1.60 bits per heavy atom. The quantitative estimate of drug-likeness (QED) is 0.576. The number of halogens is 4. The third kappa shape index (κ3) is 3.72. The summed E-state index contributed by atoms with van der Waals surface area (Å²) in [7, 11) is 0. The lowest BCUT2D eigenvalue weighted by Gasteiger charge is -2.07. The van der Waals surface area contributed by atoms with Crippen LogP contribution >= 0.6 is 46.4 Å². The van der Waals surface area contributed by atoms with E-state index in [1.807, 2.05) is 0 Å². The maximum absolute atomic E-state index is 12.3. The number of carbonyl (C=O) groups is 2. The van der Waals surface area contributed by atoms with Crippen LogP contribution in [0.15, 0.2) is 48.5 Å². The van der Waals surface area contributed by atoms with Gasteiger partial charge in [-0.3, -0.25) is 20.4 Å². The third-order valence-corrected chi connectivity index (χ3v) is 5.65. The second-order valence-electron chi connectivity index (χ2n) is 5.61. The molecule has 8 heteroatoms. The van der Waals surface area contributed by atoms with Gasteiger partial charge in [0.05, 0.1) is 16.0 Å². The number of nitrogens with one attached hydrogen (secondary N) is 2. The molecule has 0 radical (unpaired) electrons. The van der Waals surface area contributed by atoms with Gasteiger partial charge in [-0.2, -0.15) is 0 Å². The van der Waals surface area contributed by atoms with Crippen LogP contribution in [0.5, 0.6) is 0 Å². The summed E-state index contributed by atoms with van der Waals surface area (Å²) in [5, 5.41) is 0.753. The first kappa shape index (κ1) is 18.3. The Labute approximate surface area is 164 Å². The Bertz CT molecular complexity index is 827. The summed E-state index contributed by atoms with van der Waals surface area (Å²) in [6.07, 6.45) is 0. The van der Waals surface area contributed by atoms with Gasteiger partial charge in [-0.25, -0.2) is 0 Å². The van der Waals surface area contributed by atoms with Gasteiger partial charge in [-0.1, -0.05) is 47.5 Å². The fourth-order valence-electron chi connectivity index (χ4n) is 2.63. The van der Waals surface area contributed by atoms with Crippen LogP contribution in [0, 0.1) is 5.92 Å². The molecule has 2 N–H and O–H groups in total. The van der Waals surface area contributed by atoms with Gasteiger partial charge in [0, 0.05) is 11.5 Å². The van der Waals surface area contributed by atoms with Crippen molar-refractivity contribution >= 4 is 58.2 Å². The van der Waals surface area contributed by atoms with Crippen molar-refractivity contribution in [1.29, 1.82) is 0 Å². The van der Waals surface area contributed by atoms with Crippen molar-refractivity contribution in [3.8, 4) is 0 Å². The van der Waals surface area contributed by atoms with Crippen molar-refractivity contribution in [3.05, 3.63) is 69.7 Å². The second-order valence-corrected chi connectivity index (χ2v) is 7.87. The smallest absolute Gasteiger partial charge is 0.269 e. The summed E-state index contributed by atoms with van der Waals surface area (Å²) >= 11 is 24.4. The highest BCUT2D eigenvalue weighted by Crippen LogP contribution is 2.65. The molecular weight excluding hydrogens is 406 g/mol. The van der Waals surface area contributed by atoms with Crippen LogP contribution in [0.4, 0.5) is 0 Å². The maximum Gasteiger partial charge on any atom is 0.269 e. The average molecular weight is 418 g/mol. The van der Waals surface area contributed by atoms with E-state index in [0.717, 1.165) is 0 Å².